The van der Waals surface area contributed by atoms with Crippen molar-refractivity contribution in [1.82, 2.24) is 5.06 Å². The molecule has 4 heteroatoms. The van der Waals surface area contributed by atoms with Crippen molar-refractivity contribution in [2.24, 2.45) is 5.92 Å². The summed E-state index contributed by atoms with van der Waals surface area (Å²) in [5.41, 5.74) is 1.55. The number of hydrogen-bond donors (Lipinski definition) is 0. The third-order valence-electron chi connectivity index (χ3n) is 3.57. The van der Waals surface area contributed by atoms with Crippen LogP contribution in [0, 0.1) is 5.92 Å². The maximum Gasteiger partial charge on any atom is 0.281 e. The number of amides is 2. The second-order valence-electron chi connectivity index (χ2n) is 4.84. The second-order valence-corrected chi connectivity index (χ2v) is 4.84. The molecule has 0 radical (unpaired) electrons. The van der Waals surface area contributed by atoms with E-state index < -0.39 is 0 Å². The quantitative estimate of drug-likeness (QED) is 0.780. The Hall–Kier alpha value is -1.94. The summed E-state index contributed by atoms with van der Waals surface area (Å²) in [4.78, 5) is 29.6. The van der Waals surface area contributed by atoms with Gasteiger partial charge in [0.1, 0.15) is 6.61 Å². The van der Waals surface area contributed by atoms with Gasteiger partial charge in [0.25, 0.3) is 11.8 Å². The Balaban J connectivity index is 1.72. The minimum atomic E-state index is -0.286. The lowest BCUT2D eigenvalue weighted by atomic mass is 9.90. The van der Waals surface area contributed by atoms with Crippen molar-refractivity contribution >= 4 is 11.8 Å². The van der Waals surface area contributed by atoms with E-state index in [1.807, 2.05) is 36.4 Å². The Bertz CT molecular complexity index is 536. The third-order valence-corrected chi connectivity index (χ3v) is 3.57. The number of benzene rings is 1. The predicted molar refractivity (Wildman–Crippen MR) is 68.5 cm³/mol. The molecule has 1 saturated heterocycles. The highest BCUT2D eigenvalue weighted by molar-refractivity contribution is 6.14. The average Bonchev–Trinajstić information content (AvgIpc) is 2.71. The van der Waals surface area contributed by atoms with E-state index >= 15 is 0 Å². The molecule has 0 spiro atoms. The van der Waals surface area contributed by atoms with Crippen LogP contribution in [0.4, 0.5) is 0 Å². The largest absolute Gasteiger partial charge is 0.281 e. The van der Waals surface area contributed by atoms with Crippen LogP contribution in [0.15, 0.2) is 42.0 Å². The summed E-state index contributed by atoms with van der Waals surface area (Å²) in [6, 6.07) is 9.51. The highest BCUT2D eigenvalue weighted by atomic mass is 16.7. The van der Waals surface area contributed by atoms with Gasteiger partial charge in [-0.25, -0.2) is 0 Å². The van der Waals surface area contributed by atoms with Crippen LogP contribution in [0.25, 0.3) is 0 Å². The Kier molecular flexibility index (Phi) is 3.17. The molecule has 1 heterocycles. The molecular weight excluding hydrogens is 242 g/mol. The minimum Gasteiger partial charge on any atom is -0.271 e. The van der Waals surface area contributed by atoms with Gasteiger partial charge < -0.3 is 0 Å². The van der Waals surface area contributed by atoms with Crippen molar-refractivity contribution in [1.29, 1.82) is 0 Å². The van der Waals surface area contributed by atoms with Crippen molar-refractivity contribution in [3.05, 3.63) is 47.5 Å². The van der Waals surface area contributed by atoms with Gasteiger partial charge in [0.2, 0.25) is 0 Å². The number of hydroxylamine groups is 2. The summed E-state index contributed by atoms with van der Waals surface area (Å²) in [5, 5.41) is 0.939. The van der Waals surface area contributed by atoms with Gasteiger partial charge in [-0.2, -0.15) is 0 Å². The molecule has 3 rings (SSSR count). The van der Waals surface area contributed by atoms with Crippen LogP contribution in [0.5, 0.6) is 0 Å². The SMILES string of the molecule is O=C1C2=CCCCC2C(=O)N1OCc1ccccc1. The topological polar surface area (TPSA) is 46.6 Å². The first-order valence-corrected chi connectivity index (χ1v) is 6.52. The lowest BCUT2D eigenvalue weighted by molar-refractivity contribution is -0.191. The number of hydrogen-bond acceptors (Lipinski definition) is 3. The van der Waals surface area contributed by atoms with Gasteiger partial charge in [-0.15, -0.1) is 5.06 Å². The van der Waals surface area contributed by atoms with Gasteiger partial charge in [-0.1, -0.05) is 36.4 Å². The summed E-state index contributed by atoms with van der Waals surface area (Å²) in [6.07, 6.45) is 4.46. The monoisotopic (exact) mass is 257 g/mol. The Labute approximate surface area is 111 Å². The van der Waals surface area contributed by atoms with Gasteiger partial charge in [0, 0.05) is 5.57 Å². The van der Waals surface area contributed by atoms with E-state index in [4.69, 9.17) is 4.84 Å². The molecule has 1 atom stereocenters. The first-order chi connectivity index (χ1) is 9.27. The fourth-order valence-electron chi connectivity index (χ4n) is 2.56. The van der Waals surface area contributed by atoms with Gasteiger partial charge in [-0.05, 0) is 24.8 Å². The summed E-state index contributed by atoms with van der Waals surface area (Å²) in [5.74, 6) is -0.783. The van der Waals surface area contributed by atoms with E-state index in [9.17, 15) is 9.59 Å². The summed E-state index contributed by atoms with van der Waals surface area (Å²) >= 11 is 0. The van der Waals surface area contributed by atoms with Crippen molar-refractivity contribution in [2.75, 3.05) is 0 Å². The molecule has 19 heavy (non-hydrogen) atoms. The number of nitrogens with zero attached hydrogens (tertiary/aromatic N) is 1. The van der Waals surface area contributed by atoms with E-state index in [1.54, 1.807) is 0 Å². The Morgan fingerprint density at radius 3 is 2.74 bits per heavy atom. The molecule has 0 aromatic heterocycles. The first-order valence-electron chi connectivity index (χ1n) is 6.52. The lowest BCUT2D eigenvalue weighted by Gasteiger charge is -2.14. The Morgan fingerprint density at radius 1 is 1.21 bits per heavy atom. The van der Waals surface area contributed by atoms with Crippen molar-refractivity contribution < 1.29 is 14.4 Å². The fraction of sp³-hybridized carbons (Fsp3) is 0.333. The van der Waals surface area contributed by atoms with E-state index in [0.717, 1.165) is 29.9 Å². The maximum absolute atomic E-state index is 12.1. The molecule has 1 unspecified atom stereocenters. The number of imide groups is 1. The van der Waals surface area contributed by atoms with E-state index in [1.165, 1.54) is 0 Å². The van der Waals surface area contributed by atoms with Crippen molar-refractivity contribution in [3.8, 4) is 0 Å². The normalized spacial score (nSPS) is 22.4. The average molecular weight is 257 g/mol. The summed E-state index contributed by atoms with van der Waals surface area (Å²) < 4.78 is 0. The molecule has 1 aliphatic carbocycles. The molecule has 2 amide bonds. The standard InChI is InChI=1S/C15H15NO3/c17-14-12-8-4-5-9-13(12)15(18)16(14)19-10-11-6-2-1-3-7-11/h1-3,6-8,13H,4-5,9-10H2. The van der Waals surface area contributed by atoms with Crippen LogP contribution < -0.4 is 0 Å². The third kappa shape index (κ3) is 2.19. The van der Waals surface area contributed by atoms with Gasteiger partial charge >= 0.3 is 0 Å². The molecule has 0 saturated carbocycles. The lowest BCUT2D eigenvalue weighted by Crippen LogP contribution is -2.30. The smallest absolute Gasteiger partial charge is 0.271 e. The molecule has 1 aromatic carbocycles. The number of carbonyl (C=O) groups is 2. The predicted octanol–water partition coefficient (Wildman–Crippen LogP) is 2.21. The minimum absolute atomic E-state index is 0.216. The van der Waals surface area contributed by atoms with Crippen LogP contribution in [0.1, 0.15) is 24.8 Å². The summed E-state index contributed by atoms with van der Waals surface area (Å²) in [6.45, 7) is 0.234. The molecular formula is C15H15NO3. The fourth-order valence-corrected chi connectivity index (χ4v) is 2.56. The maximum atomic E-state index is 12.1. The van der Waals surface area contributed by atoms with Gasteiger partial charge in [-0.3, -0.25) is 14.4 Å². The van der Waals surface area contributed by atoms with Crippen LogP contribution in [-0.4, -0.2) is 16.9 Å². The molecule has 0 bridgehead atoms. The zero-order valence-corrected chi connectivity index (χ0v) is 10.5. The van der Waals surface area contributed by atoms with Gasteiger partial charge in [0.05, 0.1) is 5.92 Å². The number of fused-ring (bicyclic) bond motifs is 1. The molecule has 98 valence electrons. The highest BCUT2D eigenvalue weighted by Crippen LogP contribution is 2.34. The van der Waals surface area contributed by atoms with Crippen molar-refractivity contribution in [3.63, 3.8) is 0 Å². The second kappa shape index (κ2) is 4.97. The molecule has 4 nitrogen and oxygen atoms in total. The molecule has 0 N–H and O–H groups in total. The Morgan fingerprint density at radius 2 is 2.00 bits per heavy atom. The van der Waals surface area contributed by atoms with Crippen LogP contribution >= 0.6 is 0 Å². The van der Waals surface area contributed by atoms with E-state index in [0.29, 0.717) is 5.57 Å². The van der Waals surface area contributed by atoms with Crippen LogP contribution in [0.3, 0.4) is 0 Å². The molecule has 1 fully saturated rings. The van der Waals surface area contributed by atoms with Crippen LogP contribution in [0.2, 0.25) is 0 Å². The molecule has 1 aliphatic heterocycles. The summed E-state index contributed by atoms with van der Waals surface area (Å²) in [7, 11) is 0. The highest BCUT2D eigenvalue weighted by Gasteiger charge is 2.44. The van der Waals surface area contributed by atoms with E-state index in [2.05, 4.69) is 0 Å². The zero-order chi connectivity index (χ0) is 13.2. The van der Waals surface area contributed by atoms with Crippen LogP contribution in [-0.2, 0) is 21.0 Å². The van der Waals surface area contributed by atoms with Crippen molar-refractivity contribution in [2.45, 2.75) is 25.9 Å². The molecule has 2 aliphatic rings. The number of allylic oxidation sites excluding steroid dienone is 1. The first kappa shape index (κ1) is 12.1. The molecule has 1 aromatic rings. The van der Waals surface area contributed by atoms with E-state index in [-0.39, 0.29) is 24.3 Å². The van der Waals surface area contributed by atoms with Gasteiger partial charge in [0.15, 0.2) is 0 Å². The zero-order valence-electron chi connectivity index (χ0n) is 10.5. The number of carbonyl (C=O) groups excluding carboxylic acids is 2. The number of rotatable bonds is 3.